The van der Waals surface area contributed by atoms with E-state index in [-0.39, 0.29) is 0 Å². The van der Waals surface area contributed by atoms with E-state index in [4.69, 9.17) is 0 Å². The Balaban J connectivity index is 2.49. The zero-order valence-electron chi connectivity index (χ0n) is 8.51. The third-order valence-corrected chi connectivity index (χ3v) is 2.23. The van der Waals surface area contributed by atoms with Gasteiger partial charge in [-0.25, -0.2) is 0 Å². The molecule has 0 aromatic carbocycles. The Morgan fingerprint density at radius 1 is 1.50 bits per heavy atom. The van der Waals surface area contributed by atoms with E-state index < -0.39 is 0 Å². The van der Waals surface area contributed by atoms with Crippen molar-refractivity contribution in [2.75, 3.05) is 0 Å². The lowest BCUT2D eigenvalue weighted by atomic mass is 10.3. The number of hydrogen-bond acceptors (Lipinski definition) is 1. The van der Waals surface area contributed by atoms with Gasteiger partial charge in [-0.05, 0) is 26.0 Å². The van der Waals surface area contributed by atoms with Gasteiger partial charge in [0.15, 0.2) is 12.7 Å². The van der Waals surface area contributed by atoms with Gasteiger partial charge in [0.1, 0.15) is 5.69 Å². The first-order valence-corrected chi connectivity index (χ1v) is 4.81. The van der Waals surface area contributed by atoms with Crippen molar-refractivity contribution >= 4 is 0 Å². The molecule has 0 aliphatic rings. The topological polar surface area (TPSA) is 21.7 Å². The standard InChI is InChI=1S/C11H14N3/c1-3-13-7-4-8-14(13)11-5-6-12-10(2)9-11/h4-9H,3H2,1-2H3/q+1. The van der Waals surface area contributed by atoms with Crippen LogP contribution in [-0.4, -0.2) is 9.67 Å². The largest absolute Gasteiger partial charge is 0.261 e. The zero-order valence-corrected chi connectivity index (χ0v) is 8.51. The fraction of sp³-hybridized carbons (Fsp3) is 0.273. The number of hydrogen-bond donors (Lipinski definition) is 0. The molecular formula is C11H14N3+. The molecule has 0 atom stereocenters. The Labute approximate surface area is 83.6 Å². The summed E-state index contributed by atoms with van der Waals surface area (Å²) in [6.45, 7) is 5.10. The van der Waals surface area contributed by atoms with Crippen molar-refractivity contribution in [3.8, 4) is 5.69 Å². The smallest absolute Gasteiger partial charge is 0.196 e. The van der Waals surface area contributed by atoms with E-state index in [0.29, 0.717) is 0 Å². The van der Waals surface area contributed by atoms with Gasteiger partial charge in [0, 0.05) is 18.0 Å². The van der Waals surface area contributed by atoms with Crippen LogP contribution >= 0.6 is 0 Å². The maximum absolute atomic E-state index is 4.18. The fourth-order valence-electron chi connectivity index (χ4n) is 1.54. The highest BCUT2D eigenvalue weighted by atomic mass is 15.4. The number of pyridine rings is 1. The molecule has 0 bridgehead atoms. The zero-order chi connectivity index (χ0) is 9.97. The molecule has 2 heterocycles. The second kappa shape index (κ2) is 3.62. The SMILES string of the molecule is CC[n+]1cccn1-c1ccnc(C)c1. The summed E-state index contributed by atoms with van der Waals surface area (Å²) in [6, 6.07) is 6.13. The number of aryl methyl sites for hydroxylation is 2. The summed E-state index contributed by atoms with van der Waals surface area (Å²) < 4.78 is 4.27. The van der Waals surface area contributed by atoms with Crippen LogP contribution in [0.25, 0.3) is 5.69 Å². The number of nitrogens with zero attached hydrogens (tertiary/aromatic N) is 3. The summed E-state index contributed by atoms with van der Waals surface area (Å²) in [5.41, 5.74) is 2.20. The molecule has 0 saturated heterocycles. The van der Waals surface area contributed by atoms with Gasteiger partial charge < -0.3 is 0 Å². The van der Waals surface area contributed by atoms with Crippen LogP contribution in [0, 0.1) is 6.92 Å². The average Bonchev–Trinajstić information content (AvgIpc) is 2.65. The Bertz CT molecular complexity index is 432. The van der Waals surface area contributed by atoms with E-state index in [0.717, 1.165) is 17.9 Å². The van der Waals surface area contributed by atoms with E-state index in [1.165, 1.54) is 0 Å². The normalized spacial score (nSPS) is 10.4. The van der Waals surface area contributed by atoms with E-state index in [1.807, 2.05) is 25.3 Å². The van der Waals surface area contributed by atoms with Crippen LogP contribution < -0.4 is 4.68 Å². The molecule has 3 heteroatoms. The third-order valence-electron chi connectivity index (χ3n) is 2.23. The number of rotatable bonds is 2. The third kappa shape index (κ3) is 1.53. The molecule has 0 saturated carbocycles. The van der Waals surface area contributed by atoms with Crippen LogP contribution in [0.3, 0.4) is 0 Å². The lowest BCUT2D eigenvalue weighted by molar-refractivity contribution is -0.763. The van der Waals surface area contributed by atoms with Crippen molar-refractivity contribution in [1.29, 1.82) is 0 Å². The van der Waals surface area contributed by atoms with Gasteiger partial charge in [-0.3, -0.25) is 4.98 Å². The highest BCUT2D eigenvalue weighted by molar-refractivity contribution is 5.29. The molecule has 0 spiro atoms. The first kappa shape index (κ1) is 8.94. The maximum atomic E-state index is 4.18. The molecule has 14 heavy (non-hydrogen) atoms. The second-order valence-electron chi connectivity index (χ2n) is 3.25. The molecule has 0 N–H and O–H groups in total. The van der Waals surface area contributed by atoms with E-state index in [9.17, 15) is 0 Å². The van der Waals surface area contributed by atoms with Crippen molar-refractivity contribution in [2.24, 2.45) is 0 Å². The monoisotopic (exact) mass is 188 g/mol. The summed E-state index contributed by atoms with van der Waals surface area (Å²) in [6.07, 6.45) is 5.96. The molecule has 0 aliphatic heterocycles. The van der Waals surface area contributed by atoms with E-state index in [1.54, 1.807) is 0 Å². The summed E-state index contributed by atoms with van der Waals surface area (Å²) >= 11 is 0. The predicted molar refractivity (Wildman–Crippen MR) is 54.2 cm³/mol. The molecule has 72 valence electrons. The fourth-order valence-corrected chi connectivity index (χ4v) is 1.54. The molecule has 3 nitrogen and oxygen atoms in total. The van der Waals surface area contributed by atoms with Crippen LogP contribution in [-0.2, 0) is 6.54 Å². The van der Waals surface area contributed by atoms with Crippen LogP contribution in [0.4, 0.5) is 0 Å². The highest BCUT2D eigenvalue weighted by Crippen LogP contribution is 2.04. The molecule has 0 fully saturated rings. The lowest BCUT2D eigenvalue weighted by Crippen LogP contribution is -2.40. The van der Waals surface area contributed by atoms with Crippen molar-refractivity contribution in [3.63, 3.8) is 0 Å². The van der Waals surface area contributed by atoms with Crippen molar-refractivity contribution in [3.05, 3.63) is 42.5 Å². The number of aromatic nitrogens is 3. The van der Waals surface area contributed by atoms with Gasteiger partial charge in [-0.1, -0.05) is 0 Å². The van der Waals surface area contributed by atoms with Crippen LogP contribution in [0.2, 0.25) is 0 Å². The van der Waals surface area contributed by atoms with Gasteiger partial charge in [-0.2, -0.15) is 0 Å². The van der Waals surface area contributed by atoms with Crippen molar-refractivity contribution in [1.82, 2.24) is 9.67 Å². The minimum absolute atomic E-state index is 0.967. The Morgan fingerprint density at radius 3 is 3.07 bits per heavy atom. The molecular weight excluding hydrogens is 174 g/mol. The van der Waals surface area contributed by atoms with Gasteiger partial charge in [0.05, 0.1) is 6.20 Å². The quantitative estimate of drug-likeness (QED) is 0.654. The lowest BCUT2D eigenvalue weighted by Gasteiger charge is -2.01. The van der Waals surface area contributed by atoms with Crippen LogP contribution in [0.5, 0.6) is 0 Å². The van der Waals surface area contributed by atoms with Crippen LogP contribution in [0.15, 0.2) is 36.8 Å². The average molecular weight is 188 g/mol. The predicted octanol–water partition coefficient (Wildman–Crippen LogP) is 1.49. The summed E-state index contributed by atoms with van der Waals surface area (Å²) in [4.78, 5) is 4.18. The molecule has 0 radical (unpaired) electrons. The van der Waals surface area contributed by atoms with Gasteiger partial charge in [0.2, 0.25) is 0 Å². The summed E-state index contributed by atoms with van der Waals surface area (Å²) in [5.74, 6) is 0. The molecule has 2 aromatic heterocycles. The molecule has 0 aliphatic carbocycles. The Kier molecular flexibility index (Phi) is 2.31. The van der Waals surface area contributed by atoms with Crippen molar-refractivity contribution in [2.45, 2.75) is 20.4 Å². The van der Waals surface area contributed by atoms with Gasteiger partial charge >= 0.3 is 0 Å². The Hall–Kier alpha value is -1.64. The van der Waals surface area contributed by atoms with E-state index in [2.05, 4.69) is 39.7 Å². The summed E-state index contributed by atoms with van der Waals surface area (Å²) in [5, 5.41) is 0. The van der Waals surface area contributed by atoms with E-state index >= 15 is 0 Å². The van der Waals surface area contributed by atoms with Crippen LogP contribution in [0.1, 0.15) is 12.6 Å². The van der Waals surface area contributed by atoms with Gasteiger partial charge in [0.25, 0.3) is 0 Å². The minimum atomic E-state index is 0.967. The molecule has 0 amide bonds. The summed E-state index contributed by atoms with van der Waals surface area (Å²) in [7, 11) is 0. The molecule has 2 aromatic rings. The highest BCUT2D eigenvalue weighted by Gasteiger charge is 2.07. The first-order valence-electron chi connectivity index (χ1n) is 4.81. The maximum Gasteiger partial charge on any atom is 0.196 e. The minimum Gasteiger partial charge on any atom is -0.261 e. The first-order chi connectivity index (χ1) is 6.81. The Morgan fingerprint density at radius 2 is 2.36 bits per heavy atom. The molecule has 2 rings (SSSR count). The second-order valence-corrected chi connectivity index (χ2v) is 3.25. The molecule has 0 unspecified atom stereocenters. The van der Waals surface area contributed by atoms with Crippen molar-refractivity contribution < 1.29 is 4.68 Å². The van der Waals surface area contributed by atoms with Gasteiger partial charge in [-0.15, -0.1) is 9.36 Å².